The number of carbonyl (C=O) groups is 2. The van der Waals surface area contributed by atoms with Crippen molar-refractivity contribution in [2.45, 2.75) is 26.3 Å². The predicted octanol–water partition coefficient (Wildman–Crippen LogP) is 0.151. The van der Waals surface area contributed by atoms with Crippen molar-refractivity contribution < 1.29 is 14.0 Å². The van der Waals surface area contributed by atoms with Gasteiger partial charge in [0.25, 0.3) is 5.91 Å². The zero-order valence-corrected chi connectivity index (χ0v) is 11.4. The second-order valence-corrected chi connectivity index (χ2v) is 4.15. The van der Waals surface area contributed by atoms with E-state index in [0.717, 1.165) is 6.42 Å². The standard InChI is InChI=1S/C12H18FN5O2/c1-3-5-16-11(19)7(2)17-12(20)8-4-6-15-10(18-14)9(8)13/h4,6-7H,3,5,14H2,1-2H3,(H,15,18)(H,16,19)(H,17,20). The number of nitrogens with zero attached hydrogens (tertiary/aromatic N) is 1. The number of halogens is 1. The van der Waals surface area contributed by atoms with Crippen molar-refractivity contribution in [1.82, 2.24) is 15.6 Å². The predicted molar refractivity (Wildman–Crippen MR) is 72.2 cm³/mol. The highest BCUT2D eigenvalue weighted by Gasteiger charge is 2.20. The van der Waals surface area contributed by atoms with E-state index >= 15 is 0 Å². The van der Waals surface area contributed by atoms with Crippen LogP contribution in [0.15, 0.2) is 12.3 Å². The highest BCUT2D eigenvalue weighted by molar-refractivity contribution is 5.98. The topological polar surface area (TPSA) is 109 Å². The highest BCUT2D eigenvalue weighted by Crippen LogP contribution is 2.13. The van der Waals surface area contributed by atoms with Crippen molar-refractivity contribution in [2.75, 3.05) is 12.0 Å². The number of nitrogens with two attached hydrogens (primary N) is 1. The molecule has 0 saturated carbocycles. The van der Waals surface area contributed by atoms with Gasteiger partial charge in [-0.05, 0) is 19.4 Å². The third kappa shape index (κ3) is 3.89. The maximum atomic E-state index is 13.8. The van der Waals surface area contributed by atoms with Crippen molar-refractivity contribution >= 4 is 17.6 Å². The van der Waals surface area contributed by atoms with Crippen molar-refractivity contribution in [1.29, 1.82) is 0 Å². The van der Waals surface area contributed by atoms with Gasteiger partial charge < -0.3 is 16.1 Å². The van der Waals surface area contributed by atoms with Gasteiger partial charge in [0.2, 0.25) is 5.91 Å². The molecule has 0 radical (unpaired) electrons. The number of nitrogens with one attached hydrogen (secondary N) is 3. The maximum absolute atomic E-state index is 13.8. The Morgan fingerprint density at radius 2 is 2.20 bits per heavy atom. The van der Waals surface area contributed by atoms with Crippen LogP contribution in [0.4, 0.5) is 10.2 Å². The van der Waals surface area contributed by atoms with Gasteiger partial charge in [0, 0.05) is 12.7 Å². The molecule has 0 spiro atoms. The molecule has 0 aliphatic rings. The Morgan fingerprint density at radius 1 is 1.50 bits per heavy atom. The van der Waals surface area contributed by atoms with E-state index in [1.165, 1.54) is 19.2 Å². The zero-order chi connectivity index (χ0) is 15.1. The molecular formula is C12H18FN5O2. The summed E-state index contributed by atoms with van der Waals surface area (Å²) < 4.78 is 13.8. The number of carbonyl (C=O) groups excluding carboxylic acids is 2. The van der Waals surface area contributed by atoms with Gasteiger partial charge in [0.15, 0.2) is 11.6 Å². The van der Waals surface area contributed by atoms with Crippen LogP contribution in [0.25, 0.3) is 0 Å². The molecule has 0 saturated heterocycles. The number of hydrogen-bond donors (Lipinski definition) is 4. The van der Waals surface area contributed by atoms with Crippen LogP contribution >= 0.6 is 0 Å². The van der Waals surface area contributed by atoms with E-state index in [1.807, 2.05) is 12.3 Å². The van der Waals surface area contributed by atoms with Gasteiger partial charge in [0.05, 0.1) is 5.56 Å². The Labute approximate surface area is 116 Å². The molecule has 1 unspecified atom stereocenters. The van der Waals surface area contributed by atoms with E-state index < -0.39 is 17.8 Å². The van der Waals surface area contributed by atoms with Gasteiger partial charge in [-0.3, -0.25) is 9.59 Å². The maximum Gasteiger partial charge on any atom is 0.255 e. The molecule has 1 aromatic rings. The second-order valence-electron chi connectivity index (χ2n) is 4.15. The molecule has 1 atom stereocenters. The summed E-state index contributed by atoms with van der Waals surface area (Å²) in [4.78, 5) is 27.1. The molecule has 7 nitrogen and oxygen atoms in total. The minimum Gasteiger partial charge on any atom is -0.354 e. The van der Waals surface area contributed by atoms with Crippen LogP contribution in [0.5, 0.6) is 0 Å². The first kappa shape index (κ1) is 15.8. The van der Waals surface area contributed by atoms with Gasteiger partial charge in [-0.25, -0.2) is 15.2 Å². The van der Waals surface area contributed by atoms with Crippen LogP contribution in [-0.2, 0) is 4.79 Å². The third-order valence-electron chi connectivity index (χ3n) is 2.56. The Morgan fingerprint density at radius 3 is 2.80 bits per heavy atom. The van der Waals surface area contributed by atoms with Gasteiger partial charge >= 0.3 is 0 Å². The molecule has 0 aromatic carbocycles. The van der Waals surface area contributed by atoms with Gasteiger partial charge in [0.1, 0.15) is 6.04 Å². The van der Waals surface area contributed by atoms with Gasteiger partial charge in [-0.1, -0.05) is 6.92 Å². The SMILES string of the molecule is CCCNC(=O)C(C)NC(=O)c1ccnc(NN)c1F. The largest absolute Gasteiger partial charge is 0.354 e. The number of pyridine rings is 1. The van der Waals surface area contributed by atoms with Crippen molar-refractivity contribution in [3.8, 4) is 0 Å². The summed E-state index contributed by atoms with van der Waals surface area (Å²) in [5, 5.41) is 5.04. The normalized spacial score (nSPS) is 11.6. The first-order valence-corrected chi connectivity index (χ1v) is 6.21. The van der Waals surface area contributed by atoms with Crippen LogP contribution in [-0.4, -0.2) is 29.4 Å². The molecule has 5 N–H and O–H groups in total. The molecule has 20 heavy (non-hydrogen) atoms. The Hall–Kier alpha value is -2.22. The summed E-state index contributed by atoms with van der Waals surface area (Å²) >= 11 is 0. The first-order valence-electron chi connectivity index (χ1n) is 6.21. The van der Waals surface area contributed by atoms with Crippen LogP contribution in [0.1, 0.15) is 30.6 Å². The Balaban J connectivity index is 2.74. The van der Waals surface area contributed by atoms with Crippen LogP contribution in [0.2, 0.25) is 0 Å². The van der Waals surface area contributed by atoms with Crippen LogP contribution in [0, 0.1) is 5.82 Å². The van der Waals surface area contributed by atoms with Crippen LogP contribution in [0.3, 0.4) is 0 Å². The average Bonchev–Trinajstić information content (AvgIpc) is 2.44. The third-order valence-corrected chi connectivity index (χ3v) is 2.56. The molecule has 110 valence electrons. The fraction of sp³-hybridized carbons (Fsp3) is 0.417. The number of hydrogen-bond acceptors (Lipinski definition) is 5. The number of amides is 2. The highest BCUT2D eigenvalue weighted by atomic mass is 19.1. The molecule has 8 heteroatoms. The van der Waals surface area contributed by atoms with Crippen molar-refractivity contribution in [3.05, 3.63) is 23.6 Å². The van der Waals surface area contributed by atoms with Crippen molar-refractivity contribution in [2.24, 2.45) is 5.84 Å². The van der Waals surface area contributed by atoms with Crippen molar-refractivity contribution in [3.63, 3.8) is 0 Å². The summed E-state index contributed by atoms with van der Waals surface area (Å²) in [6.45, 7) is 3.95. The van der Waals surface area contributed by atoms with E-state index in [9.17, 15) is 14.0 Å². The van der Waals surface area contributed by atoms with E-state index in [1.54, 1.807) is 0 Å². The fourth-order valence-electron chi connectivity index (χ4n) is 1.46. The Kier molecular flexibility index (Phi) is 5.85. The summed E-state index contributed by atoms with van der Waals surface area (Å²) in [7, 11) is 0. The Bertz CT molecular complexity index is 495. The molecule has 0 fully saturated rings. The van der Waals surface area contributed by atoms with E-state index in [-0.39, 0.29) is 17.3 Å². The second kappa shape index (κ2) is 7.39. The number of nitrogen functional groups attached to an aromatic ring is 1. The molecule has 1 heterocycles. The summed E-state index contributed by atoms with van der Waals surface area (Å²) in [5.41, 5.74) is 1.82. The van der Waals surface area contributed by atoms with Gasteiger partial charge in [-0.2, -0.15) is 0 Å². The summed E-state index contributed by atoms with van der Waals surface area (Å²) in [6, 6.07) is 0.443. The first-order chi connectivity index (χ1) is 9.51. The van der Waals surface area contributed by atoms with E-state index in [0.29, 0.717) is 6.54 Å². The number of aromatic nitrogens is 1. The molecule has 0 aliphatic carbocycles. The van der Waals surface area contributed by atoms with E-state index in [2.05, 4.69) is 15.6 Å². The monoisotopic (exact) mass is 283 g/mol. The van der Waals surface area contributed by atoms with Crippen LogP contribution < -0.4 is 21.9 Å². The minimum atomic E-state index is -0.867. The lowest BCUT2D eigenvalue weighted by atomic mass is 10.2. The molecule has 2 amide bonds. The minimum absolute atomic E-state index is 0.233. The van der Waals surface area contributed by atoms with Gasteiger partial charge in [-0.15, -0.1) is 0 Å². The molecular weight excluding hydrogens is 265 g/mol. The number of anilines is 1. The zero-order valence-electron chi connectivity index (χ0n) is 11.4. The molecule has 0 aliphatic heterocycles. The quantitative estimate of drug-likeness (QED) is 0.439. The number of rotatable bonds is 6. The summed E-state index contributed by atoms with van der Waals surface area (Å²) in [5.74, 6) is 2.94. The lowest BCUT2D eigenvalue weighted by Gasteiger charge is -2.14. The van der Waals surface area contributed by atoms with E-state index in [4.69, 9.17) is 5.84 Å². The number of hydrazine groups is 1. The smallest absolute Gasteiger partial charge is 0.255 e. The molecule has 0 bridgehead atoms. The molecule has 1 rings (SSSR count). The summed E-state index contributed by atoms with van der Waals surface area (Å²) in [6.07, 6.45) is 2.03. The fourth-order valence-corrected chi connectivity index (χ4v) is 1.46. The molecule has 1 aromatic heterocycles. The lowest BCUT2D eigenvalue weighted by Crippen LogP contribution is -2.45. The average molecular weight is 283 g/mol. The lowest BCUT2D eigenvalue weighted by molar-refractivity contribution is -0.122.